The van der Waals surface area contributed by atoms with Gasteiger partial charge in [-0.25, -0.2) is 8.42 Å². The lowest BCUT2D eigenvalue weighted by molar-refractivity contribution is 0.0951. The van der Waals surface area contributed by atoms with E-state index in [-0.39, 0.29) is 5.91 Å². The van der Waals surface area contributed by atoms with E-state index in [9.17, 15) is 13.2 Å². The molecule has 0 aromatic heterocycles. The highest BCUT2D eigenvalue weighted by atomic mass is 32.2. The molecule has 0 saturated carbocycles. The summed E-state index contributed by atoms with van der Waals surface area (Å²) >= 11 is 0. The van der Waals surface area contributed by atoms with Crippen LogP contribution in [-0.4, -0.2) is 74.0 Å². The topological polar surface area (TPSA) is 73.0 Å². The van der Waals surface area contributed by atoms with Crippen molar-refractivity contribution < 1.29 is 13.2 Å². The normalized spacial score (nSPS) is 18.5. The number of amides is 1. The van der Waals surface area contributed by atoms with Crippen molar-refractivity contribution in [1.29, 1.82) is 0 Å². The summed E-state index contributed by atoms with van der Waals surface area (Å²) in [5.74, 6) is -0.0792. The van der Waals surface area contributed by atoms with E-state index in [1.54, 1.807) is 0 Å². The highest BCUT2D eigenvalue weighted by Crippen LogP contribution is 2.14. The van der Waals surface area contributed by atoms with Gasteiger partial charge in [-0.2, -0.15) is 4.31 Å². The minimum Gasteiger partial charge on any atom is -0.348 e. The lowest BCUT2D eigenvalue weighted by Crippen LogP contribution is -2.47. The summed E-state index contributed by atoms with van der Waals surface area (Å²) in [6.45, 7) is 7.13. The molecule has 7 nitrogen and oxygen atoms in total. The fourth-order valence-electron chi connectivity index (χ4n) is 4.48. The summed E-state index contributed by atoms with van der Waals surface area (Å²) in [5.41, 5.74) is 4.18. The van der Waals surface area contributed by atoms with E-state index >= 15 is 0 Å². The lowest BCUT2D eigenvalue weighted by Gasteiger charge is -2.33. The largest absolute Gasteiger partial charge is 0.348 e. The van der Waals surface area contributed by atoms with E-state index < -0.39 is 10.0 Å². The number of rotatable bonds is 8. The molecule has 2 heterocycles. The van der Waals surface area contributed by atoms with Gasteiger partial charge in [-0.1, -0.05) is 36.4 Å². The summed E-state index contributed by atoms with van der Waals surface area (Å²) in [7, 11) is -3.11. The molecule has 33 heavy (non-hydrogen) atoms. The first-order chi connectivity index (χ1) is 15.9. The van der Waals surface area contributed by atoms with Gasteiger partial charge in [0.25, 0.3) is 5.91 Å². The Labute approximate surface area is 197 Å². The lowest BCUT2D eigenvalue weighted by atomic mass is 10.1. The van der Waals surface area contributed by atoms with Crippen LogP contribution in [0.1, 0.15) is 39.9 Å². The number of sulfonamides is 1. The molecule has 0 spiro atoms. The number of hydrogen-bond donors (Lipinski definition) is 1. The molecule has 0 bridgehead atoms. The Balaban J connectivity index is 1.22. The summed E-state index contributed by atoms with van der Waals surface area (Å²) in [5, 5.41) is 3.01. The molecule has 2 fully saturated rings. The summed E-state index contributed by atoms with van der Waals surface area (Å²) in [6.07, 6.45) is 3.86. The molecule has 2 aromatic rings. The molecular formula is C25H34N4O3S. The second kappa shape index (κ2) is 10.8. The number of benzene rings is 2. The van der Waals surface area contributed by atoms with Crippen LogP contribution in [-0.2, 0) is 29.7 Å². The number of piperazine rings is 1. The molecule has 0 unspecified atom stereocenters. The van der Waals surface area contributed by atoms with Gasteiger partial charge in [-0.3, -0.25) is 14.6 Å². The molecule has 2 aliphatic heterocycles. The van der Waals surface area contributed by atoms with Crippen molar-refractivity contribution in [2.24, 2.45) is 0 Å². The summed E-state index contributed by atoms with van der Waals surface area (Å²) in [6, 6.07) is 16.2. The average molecular weight is 471 g/mol. The molecule has 1 amide bonds. The van der Waals surface area contributed by atoms with E-state index in [0.717, 1.165) is 24.2 Å². The number of hydrogen-bond acceptors (Lipinski definition) is 5. The van der Waals surface area contributed by atoms with Crippen LogP contribution in [0.15, 0.2) is 48.5 Å². The molecule has 4 rings (SSSR count). The van der Waals surface area contributed by atoms with Gasteiger partial charge in [0.15, 0.2) is 0 Å². The zero-order valence-electron chi connectivity index (χ0n) is 19.4. The van der Waals surface area contributed by atoms with Crippen LogP contribution in [0.4, 0.5) is 0 Å². The van der Waals surface area contributed by atoms with Crippen molar-refractivity contribution in [2.45, 2.75) is 32.5 Å². The minimum absolute atomic E-state index is 0.0792. The first-order valence-corrected chi connectivity index (χ1v) is 13.6. The predicted octanol–water partition coefficient (Wildman–Crippen LogP) is 2.29. The highest BCUT2D eigenvalue weighted by molar-refractivity contribution is 7.88. The van der Waals surface area contributed by atoms with Crippen molar-refractivity contribution in [3.8, 4) is 0 Å². The van der Waals surface area contributed by atoms with E-state index in [1.165, 1.54) is 42.1 Å². The van der Waals surface area contributed by atoms with Crippen LogP contribution in [0.5, 0.6) is 0 Å². The minimum atomic E-state index is -3.11. The van der Waals surface area contributed by atoms with Crippen molar-refractivity contribution >= 4 is 15.9 Å². The molecule has 0 radical (unpaired) electrons. The monoisotopic (exact) mass is 470 g/mol. The second-order valence-electron chi connectivity index (χ2n) is 9.12. The average Bonchev–Trinajstić information content (AvgIpc) is 3.32. The van der Waals surface area contributed by atoms with Gasteiger partial charge in [0.2, 0.25) is 10.0 Å². The maximum Gasteiger partial charge on any atom is 0.251 e. The highest BCUT2D eigenvalue weighted by Gasteiger charge is 2.23. The summed E-state index contributed by atoms with van der Waals surface area (Å²) in [4.78, 5) is 17.3. The molecular weight excluding hydrogens is 436 g/mol. The molecule has 8 heteroatoms. The third-order valence-electron chi connectivity index (χ3n) is 6.50. The maximum atomic E-state index is 12.6. The van der Waals surface area contributed by atoms with Crippen molar-refractivity contribution in [3.63, 3.8) is 0 Å². The molecule has 0 atom stereocenters. The van der Waals surface area contributed by atoms with Gasteiger partial charge >= 0.3 is 0 Å². The number of carbonyl (C=O) groups is 1. The fraction of sp³-hybridized carbons (Fsp3) is 0.480. The van der Waals surface area contributed by atoms with Gasteiger partial charge in [0, 0.05) is 51.4 Å². The van der Waals surface area contributed by atoms with E-state index in [4.69, 9.17) is 0 Å². The maximum absolute atomic E-state index is 12.6. The van der Waals surface area contributed by atoms with Crippen molar-refractivity contribution in [3.05, 3.63) is 70.8 Å². The molecule has 0 aliphatic carbocycles. The third-order valence-corrected chi connectivity index (χ3v) is 7.81. The smallest absolute Gasteiger partial charge is 0.251 e. The summed E-state index contributed by atoms with van der Waals surface area (Å²) < 4.78 is 24.8. The Kier molecular flexibility index (Phi) is 7.80. The Morgan fingerprint density at radius 1 is 0.758 bits per heavy atom. The van der Waals surface area contributed by atoms with Gasteiger partial charge < -0.3 is 5.32 Å². The first kappa shape index (κ1) is 23.9. The standard InChI is InChI=1S/C25H34N4O3S/c1-33(31,32)29-16-14-28(15-17-29)20-23-8-10-24(11-9-23)25(30)26-18-21-4-6-22(7-5-21)19-27-12-2-3-13-27/h4-11H,2-3,12-20H2,1H3,(H,26,30). The Morgan fingerprint density at radius 3 is 1.79 bits per heavy atom. The van der Waals surface area contributed by atoms with E-state index in [2.05, 4.69) is 39.4 Å². The first-order valence-electron chi connectivity index (χ1n) is 11.7. The van der Waals surface area contributed by atoms with Crippen LogP contribution in [0, 0.1) is 0 Å². The van der Waals surface area contributed by atoms with Gasteiger partial charge in [-0.15, -0.1) is 0 Å². The quantitative estimate of drug-likeness (QED) is 0.641. The Hall–Kier alpha value is -2.26. The zero-order valence-corrected chi connectivity index (χ0v) is 20.2. The number of carbonyl (C=O) groups excluding carboxylic acids is 1. The van der Waals surface area contributed by atoms with E-state index in [1.807, 2.05) is 24.3 Å². The molecule has 2 aromatic carbocycles. The Morgan fingerprint density at radius 2 is 1.24 bits per heavy atom. The van der Waals surface area contributed by atoms with Crippen LogP contribution in [0.25, 0.3) is 0 Å². The number of likely N-dealkylation sites (tertiary alicyclic amines) is 1. The van der Waals surface area contributed by atoms with E-state index in [0.29, 0.717) is 38.3 Å². The fourth-order valence-corrected chi connectivity index (χ4v) is 5.31. The van der Waals surface area contributed by atoms with Crippen LogP contribution in [0.2, 0.25) is 0 Å². The number of nitrogens with one attached hydrogen (secondary N) is 1. The van der Waals surface area contributed by atoms with Crippen LogP contribution >= 0.6 is 0 Å². The van der Waals surface area contributed by atoms with Crippen molar-refractivity contribution in [2.75, 3.05) is 45.5 Å². The third kappa shape index (κ3) is 6.86. The Bertz CT molecular complexity index is 1020. The van der Waals surface area contributed by atoms with Crippen LogP contribution in [0.3, 0.4) is 0 Å². The SMILES string of the molecule is CS(=O)(=O)N1CCN(Cc2ccc(C(=O)NCc3ccc(CN4CCCC4)cc3)cc2)CC1. The molecule has 2 saturated heterocycles. The second-order valence-corrected chi connectivity index (χ2v) is 11.1. The van der Waals surface area contributed by atoms with Gasteiger partial charge in [-0.05, 0) is 54.8 Å². The zero-order chi connectivity index (χ0) is 23.3. The van der Waals surface area contributed by atoms with Crippen molar-refractivity contribution in [1.82, 2.24) is 19.4 Å². The van der Waals surface area contributed by atoms with Gasteiger partial charge in [0.1, 0.15) is 0 Å². The van der Waals surface area contributed by atoms with Gasteiger partial charge in [0.05, 0.1) is 6.26 Å². The molecule has 1 N–H and O–H groups in total. The molecule has 2 aliphatic rings. The number of nitrogens with zero attached hydrogens (tertiary/aromatic N) is 3. The molecule has 178 valence electrons. The van der Waals surface area contributed by atoms with Crippen LogP contribution < -0.4 is 5.32 Å². The predicted molar refractivity (Wildman–Crippen MR) is 130 cm³/mol.